The van der Waals surface area contributed by atoms with Crippen LogP contribution >= 0.6 is 7.82 Å². The number of ether oxygens (including phenoxy) is 2. The minimum absolute atomic E-state index is 0.158. The smallest absolute Gasteiger partial charge is 0.473 e. The summed E-state index contributed by atoms with van der Waals surface area (Å²) in [6, 6.07) is 25.7. The first kappa shape index (κ1) is 28.5. The minimum Gasteiger partial charge on any atom is -0.493 e. The second-order valence-electron chi connectivity index (χ2n) is 13.3. The van der Waals surface area contributed by atoms with Gasteiger partial charge in [0.05, 0.1) is 13.2 Å². The van der Waals surface area contributed by atoms with Gasteiger partial charge in [-0.25, -0.2) is 4.57 Å². The number of benzene rings is 3. The van der Waals surface area contributed by atoms with Crippen LogP contribution in [0.5, 0.6) is 11.5 Å². The fraction of sp³-hybridized carbons (Fsp3) is 0.444. The molecule has 3 aliphatic carbocycles. The number of piperidine rings is 1. The molecule has 3 aromatic carbocycles. The van der Waals surface area contributed by atoms with E-state index in [1.54, 1.807) is 7.11 Å². The molecule has 230 valence electrons. The molecule has 1 N–H and O–H groups in total. The molecule has 6 atom stereocenters. The van der Waals surface area contributed by atoms with Gasteiger partial charge in [0.15, 0.2) is 11.5 Å². The summed E-state index contributed by atoms with van der Waals surface area (Å²) < 4.78 is 38.2. The molecule has 1 saturated heterocycles. The zero-order valence-corrected chi connectivity index (χ0v) is 26.2. The normalized spacial score (nSPS) is 31.5. The molecular weight excluding hydrogens is 573 g/mol. The summed E-state index contributed by atoms with van der Waals surface area (Å²) in [6.45, 7) is 0.928. The maximum atomic E-state index is 13.7. The molecule has 2 heterocycles. The number of likely N-dealkylation sites (tertiary alicyclic amines) is 1. The van der Waals surface area contributed by atoms with E-state index in [0.717, 1.165) is 38.0 Å². The zero-order valence-electron chi connectivity index (χ0n) is 25.3. The lowest BCUT2D eigenvalue weighted by molar-refractivity contribution is -0.0495. The number of phosphoric acid groups is 1. The van der Waals surface area contributed by atoms with Crippen molar-refractivity contribution in [3.63, 3.8) is 0 Å². The van der Waals surface area contributed by atoms with Crippen LogP contribution in [0.2, 0.25) is 0 Å². The average molecular weight is 614 g/mol. The highest BCUT2D eigenvalue weighted by Gasteiger charge is 2.65. The van der Waals surface area contributed by atoms with Crippen LogP contribution in [0.1, 0.15) is 54.4 Å². The van der Waals surface area contributed by atoms with Gasteiger partial charge in [0.25, 0.3) is 0 Å². The third kappa shape index (κ3) is 4.28. The van der Waals surface area contributed by atoms with Crippen molar-refractivity contribution >= 4 is 7.82 Å². The number of hydrogen-bond acceptors (Lipinski definition) is 6. The van der Waals surface area contributed by atoms with Crippen LogP contribution in [-0.2, 0) is 30.9 Å². The Morgan fingerprint density at radius 3 is 2.25 bits per heavy atom. The van der Waals surface area contributed by atoms with Crippen LogP contribution in [0.15, 0.2) is 84.9 Å². The first-order valence-electron chi connectivity index (χ1n) is 15.9. The van der Waals surface area contributed by atoms with Crippen LogP contribution in [0, 0.1) is 5.92 Å². The summed E-state index contributed by atoms with van der Waals surface area (Å²) in [4.78, 5) is 13.7. The monoisotopic (exact) mass is 613 g/mol. The van der Waals surface area contributed by atoms with Gasteiger partial charge in [0.2, 0.25) is 0 Å². The molecule has 0 radical (unpaired) electrons. The molecule has 1 spiro atoms. The topological polar surface area (TPSA) is 77.5 Å². The number of rotatable bonds is 7. The van der Waals surface area contributed by atoms with Crippen molar-refractivity contribution in [2.75, 3.05) is 20.7 Å². The van der Waals surface area contributed by atoms with Crippen molar-refractivity contribution in [2.24, 2.45) is 5.92 Å². The number of likely N-dealkylation sites (N-methyl/N-ethyl adjacent to an activating group) is 1. The average Bonchev–Trinajstić information content (AvgIpc) is 3.40. The van der Waals surface area contributed by atoms with Gasteiger partial charge in [0.1, 0.15) is 12.2 Å². The van der Waals surface area contributed by atoms with E-state index < -0.39 is 20.0 Å². The molecule has 2 aliphatic heterocycles. The van der Waals surface area contributed by atoms with E-state index in [0.29, 0.717) is 24.6 Å². The molecule has 1 saturated carbocycles. The third-order valence-electron chi connectivity index (χ3n) is 11.3. The maximum Gasteiger partial charge on any atom is 0.473 e. The molecule has 44 heavy (non-hydrogen) atoms. The lowest BCUT2D eigenvalue weighted by Crippen LogP contribution is -2.65. The van der Waals surface area contributed by atoms with Crippen molar-refractivity contribution in [3.8, 4) is 11.5 Å². The fourth-order valence-electron chi connectivity index (χ4n) is 9.28. The number of methoxy groups -OCH3 is 1. The van der Waals surface area contributed by atoms with Gasteiger partial charge in [-0.2, -0.15) is 0 Å². The zero-order chi connectivity index (χ0) is 30.1. The third-order valence-corrected chi connectivity index (χ3v) is 12.4. The molecule has 7 nitrogen and oxygen atoms in total. The van der Waals surface area contributed by atoms with E-state index >= 15 is 0 Å². The van der Waals surface area contributed by atoms with Gasteiger partial charge in [-0.3, -0.25) is 9.05 Å². The molecule has 3 aromatic rings. The molecule has 0 amide bonds. The van der Waals surface area contributed by atoms with Crippen LogP contribution in [-0.4, -0.2) is 54.8 Å². The van der Waals surface area contributed by atoms with Gasteiger partial charge in [-0.1, -0.05) is 78.9 Å². The largest absolute Gasteiger partial charge is 0.493 e. The molecular formula is C36H40NO6P. The van der Waals surface area contributed by atoms with Gasteiger partial charge < -0.3 is 19.3 Å². The molecule has 0 aromatic heterocycles. The van der Waals surface area contributed by atoms with Gasteiger partial charge in [-0.15, -0.1) is 0 Å². The van der Waals surface area contributed by atoms with Crippen molar-refractivity contribution in [3.05, 3.63) is 107 Å². The second kappa shape index (κ2) is 10.6. The lowest BCUT2D eigenvalue weighted by atomic mass is 9.53. The predicted octanol–water partition coefficient (Wildman–Crippen LogP) is 6.57. The summed E-state index contributed by atoms with van der Waals surface area (Å²) in [7, 11) is -0.560. The van der Waals surface area contributed by atoms with Gasteiger partial charge in [-0.05, 0) is 74.9 Å². The van der Waals surface area contributed by atoms with Crippen molar-refractivity contribution in [1.82, 2.24) is 4.90 Å². The Morgan fingerprint density at radius 1 is 0.909 bits per heavy atom. The van der Waals surface area contributed by atoms with Gasteiger partial charge >= 0.3 is 7.82 Å². The predicted molar refractivity (Wildman–Crippen MR) is 168 cm³/mol. The molecule has 6 unspecified atom stereocenters. The minimum atomic E-state index is -4.41. The Hall–Kier alpha value is -2.93. The Morgan fingerprint density at radius 2 is 1.59 bits per heavy atom. The standard InChI is InChI=1S/C36H40NO6P/c1-37-22-21-36-28-14-16-31(34(36)41-33-30(40-2)15-13-24(32(33)36)23-29(28)37)43-44(38,39)42-27-17-19-35(20-18-27,25-9-5-3-6-10-25)26-11-7-4-8-12-26/h3-16,27-29,31,34H,17-23H2,1-2H3,(H,38,39). The Balaban J connectivity index is 1.03. The summed E-state index contributed by atoms with van der Waals surface area (Å²) in [5, 5.41) is 0. The first-order chi connectivity index (χ1) is 21.3. The summed E-state index contributed by atoms with van der Waals surface area (Å²) in [5.41, 5.74) is 4.53. The SMILES string of the molecule is COc1ccc2c3c1OC1C(OP(=O)(O)OC4CCC(c5ccccc5)(c5ccccc5)CC4)C=CC4C(C2)N(C)CCC341. The van der Waals surface area contributed by atoms with Crippen LogP contribution in [0.3, 0.4) is 0 Å². The van der Waals surface area contributed by atoms with Crippen LogP contribution in [0.4, 0.5) is 0 Å². The van der Waals surface area contributed by atoms with E-state index in [2.05, 4.69) is 72.6 Å². The highest BCUT2D eigenvalue weighted by molar-refractivity contribution is 7.47. The Kier molecular flexibility index (Phi) is 6.86. The summed E-state index contributed by atoms with van der Waals surface area (Å²) >= 11 is 0. The molecule has 2 bridgehead atoms. The van der Waals surface area contributed by atoms with E-state index in [1.165, 1.54) is 22.3 Å². The molecule has 2 fully saturated rings. The Labute approximate surface area is 259 Å². The highest BCUT2D eigenvalue weighted by Crippen LogP contribution is 2.64. The summed E-state index contributed by atoms with van der Waals surface area (Å²) in [6.07, 6.45) is 7.39. The number of hydrogen-bond donors (Lipinski definition) is 1. The quantitative estimate of drug-likeness (QED) is 0.239. The van der Waals surface area contributed by atoms with E-state index in [9.17, 15) is 9.46 Å². The number of phosphoric ester groups is 1. The fourth-order valence-corrected chi connectivity index (χ4v) is 10.4. The molecule has 8 heteroatoms. The number of nitrogens with zero attached hydrogens (tertiary/aromatic N) is 1. The lowest BCUT2D eigenvalue weighted by Gasteiger charge is -2.56. The second-order valence-corrected chi connectivity index (χ2v) is 14.6. The van der Waals surface area contributed by atoms with Crippen molar-refractivity contribution in [2.45, 2.75) is 73.7 Å². The van der Waals surface area contributed by atoms with Crippen molar-refractivity contribution in [1.29, 1.82) is 0 Å². The van der Waals surface area contributed by atoms with Gasteiger partial charge in [0, 0.05) is 28.4 Å². The highest BCUT2D eigenvalue weighted by atomic mass is 31.2. The Bertz CT molecular complexity index is 1580. The summed E-state index contributed by atoms with van der Waals surface area (Å²) in [5.74, 6) is 1.70. The van der Waals surface area contributed by atoms with E-state index in [-0.39, 0.29) is 22.9 Å². The molecule has 8 rings (SSSR count). The maximum absolute atomic E-state index is 13.7. The van der Waals surface area contributed by atoms with E-state index in [1.807, 2.05) is 24.3 Å². The first-order valence-corrected chi connectivity index (χ1v) is 17.4. The molecule has 5 aliphatic rings. The van der Waals surface area contributed by atoms with Crippen molar-refractivity contribution < 1.29 is 28.0 Å². The van der Waals surface area contributed by atoms with Crippen LogP contribution < -0.4 is 9.47 Å². The van der Waals surface area contributed by atoms with Crippen LogP contribution in [0.25, 0.3) is 0 Å². The van der Waals surface area contributed by atoms with E-state index in [4.69, 9.17) is 18.5 Å².